The normalized spacial score (nSPS) is 11.1. The third kappa shape index (κ3) is 11.1. The molecule has 0 fully saturated rings. The van der Waals surface area contributed by atoms with Crippen LogP contribution >= 0.6 is 23.4 Å². The Morgan fingerprint density at radius 2 is 1.84 bits per heavy atom. The monoisotopic (exact) mass is 557 g/mol. The number of aliphatic carboxylic acids is 1. The molecule has 1 aromatic heterocycles. The summed E-state index contributed by atoms with van der Waals surface area (Å²) in [5.74, 6) is 0.572. The van der Waals surface area contributed by atoms with E-state index in [0.717, 1.165) is 39.0 Å². The zero-order valence-electron chi connectivity index (χ0n) is 23.1. The second kappa shape index (κ2) is 19.9. The Hall–Kier alpha value is -3.11. The molecule has 2 N–H and O–H groups in total. The molecule has 1 heterocycles. The summed E-state index contributed by atoms with van der Waals surface area (Å²) in [5, 5.41) is 23.0. The van der Waals surface area contributed by atoms with Gasteiger partial charge in [-0.3, -0.25) is 4.79 Å². The van der Waals surface area contributed by atoms with Gasteiger partial charge in [-0.15, -0.1) is 36.2 Å². The van der Waals surface area contributed by atoms with Crippen molar-refractivity contribution in [3.63, 3.8) is 0 Å². The summed E-state index contributed by atoms with van der Waals surface area (Å²) >= 11 is 6.94. The molecule has 0 saturated heterocycles. The topological polar surface area (TPSA) is 71.7 Å². The van der Waals surface area contributed by atoms with Crippen molar-refractivity contribution in [3.8, 4) is 18.6 Å². The molecule has 0 aliphatic carbocycles. The number of fused-ring (bicyclic) bond motifs is 1. The molecule has 0 bridgehead atoms. The number of carbonyl (C=O) groups is 1. The number of thioether (sulfide) groups is 1. The highest BCUT2D eigenvalue weighted by Gasteiger charge is 2.18. The van der Waals surface area contributed by atoms with Crippen LogP contribution in [0.5, 0.6) is 5.75 Å². The molecule has 0 spiro atoms. The van der Waals surface area contributed by atoms with Crippen molar-refractivity contribution >= 4 is 40.2 Å². The Bertz CT molecular complexity index is 1190. The number of aliphatic hydroxyl groups excluding tert-OH is 1. The number of aryl methyl sites for hydroxylation is 2. The van der Waals surface area contributed by atoms with E-state index >= 15 is 0 Å². The van der Waals surface area contributed by atoms with Gasteiger partial charge in [-0.05, 0) is 81.7 Å². The molecule has 0 aliphatic heterocycles. The van der Waals surface area contributed by atoms with Gasteiger partial charge in [0.15, 0.2) is 6.23 Å². The van der Waals surface area contributed by atoms with Gasteiger partial charge >= 0.3 is 5.97 Å². The van der Waals surface area contributed by atoms with E-state index in [1.807, 2.05) is 112 Å². The standard InChI is InChI=1S/C21H23NO4.C4H7Cl.C4H8S.C2H2/c1-4-26-19-9-8-16(10-13(19)2)21(25)22-14(3)11-17-15(12-20(23)24)6-5-7-18(17)22;1-2-3-4-5;1-3-4-5-2;1-2/h5-11,21,25H,4,12H2,1-3H3,(H,23,24);2-3H,4H2,1H3;3-4H,1-2H3;1-2H/b;3-2-;4-3+;. The average molecular weight is 558 g/mol. The van der Waals surface area contributed by atoms with Gasteiger partial charge < -0.3 is 19.5 Å². The van der Waals surface area contributed by atoms with E-state index in [9.17, 15) is 9.90 Å². The molecular formula is C31H40ClNO4S. The maximum atomic E-state index is 11.1. The van der Waals surface area contributed by atoms with E-state index in [0.29, 0.717) is 12.5 Å². The minimum atomic E-state index is -0.870. The fourth-order valence-corrected chi connectivity index (χ4v) is 4.06. The number of carboxylic acid groups (broad SMARTS) is 1. The number of carboxylic acids is 1. The Kier molecular flexibility index (Phi) is 18.3. The van der Waals surface area contributed by atoms with Crippen molar-refractivity contribution in [1.29, 1.82) is 0 Å². The molecule has 38 heavy (non-hydrogen) atoms. The number of ether oxygens (including phenoxy) is 1. The third-order valence-corrected chi connectivity index (χ3v) is 5.87. The first-order valence-corrected chi connectivity index (χ1v) is 13.9. The fourth-order valence-electron chi connectivity index (χ4n) is 3.61. The van der Waals surface area contributed by atoms with Crippen LogP contribution in [0.2, 0.25) is 0 Å². The smallest absolute Gasteiger partial charge is 0.307 e. The second-order valence-electron chi connectivity index (χ2n) is 7.84. The summed E-state index contributed by atoms with van der Waals surface area (Å²) in [6, 6.07) is 13.1. The summed E-state index contributed by atoms with van der Waals surface area (Å²) < 4.78 is 7.39. The molecule has 0 radical (unpaired) electrons. The fraction of sp³-hybridized carbons (Fsp3) is 0.323. The highest BCUT2D eigenvalue weighted by Crippen LogP contribution is 2.30. The van der Waals surface area contributed by atoms with Crippen molar-refractivity contribution < 1.29 is 19.7 Å². The zero-order chi connectivity index (χ0) is 29.1. The highest BCUT2D eigenvalue weighted by atomic mass is 35.5. The van der Waals surface area contributed by atoms with Crippen LogP contribution in [-0.4, -0.2) is 39.5 Å². The lowest BCUT2D eigenvalue weighted by atomic mass is 10.1. The van der Waals surface area contributed by atoms with Gasteiger partial charge in [0.25, 0.3) is 0 Å². The Morgan fingerprint density at radius 3 is 2.29 bits per heavy atom. The van der Waals surface area contributed by atoms with E-state index < -0.39 is 12.2 Å². The van der Waals surface area contributed by atoms with Crippen molar-refractivity contribution in [3.05, 3.63) is 88.5 Å². The lowest BCUT2D eigenvalue weighted by molar-refractivity contribution is -0.136. The zero-order valence-corrected chi connectivity index (χ0v) is 24.7. The molecule has 5 nitrogen and oxygen atoms in total. The lowest BCUT2D eigenvalue weighted by Gasteiger charge is -2.18. The molecule has 206 valence electrons. The molecular weight excluding hydrogens is 518 g/mol. The predicted octanol–water partition coefficient (Wildman–Crippen LogP) is 7.76. The van der Waals surface area contributed by atoms with Gasteiger partial charge in [-0.1, -0.05) is 36.4 Å². The van der Waals surface area contributed by atoms with Gasteiger partial charge in [0, 0.05) is 22.5 Å². The van der Waals surface area contributed by atoms with Gasteiger partial charge in [0.2, 0.25) is 0 Å². The summed E-state index contributed by atoms with van der Waals surface area (Å²) in [4.78, 5) is 11.1. The number of benzene rings is 2. The largest absolute Gasteiger partial charge is 0.494 e. The maximum Gasteiger partial charge on any atom is 0.307 e. The molecule has 3 rings (SSSR count). The van der Waals surface area contributed by atoms with Crippen LogP contribution in [0.25, 0.3) is 10.9 Å². The quantitative estimate of drug-likeness (QED) is 0.168. The van der Waals surface area contributed by atoms with Gasteiger partial charge in [-0.25, -0.2) is 0 Å². The molecule has 3 aromatic rings. The number of aromatic nitrogens is 1. The van der Waals surface area contributed by atoms with Crippen LogP contribution in [0, 0.1) is 26.7 Å². The second-order valence-corrected chi connectivity index (χ2v) is 8.89. The molecule has 1 atom stereocenters. The van der Waals surface area contributed by atoms with Gasteiger partial charge in [0.05, 0.1) is 18.5 Å². The third-order valence-electron chi connectivity index (χ3n) is 5.15. The van der Waals surface area contributed by atoms with Crippen LogP contribution in [0.1, 0.15) is 49.4 Å². The summed E-state index contributed by atoms with van der Waals surface area (Å²) in [6.45, 7) is 10.4. The number of nitrogens with zero attached hydrogens (tertiary/aromatic N) is 1. The van der Waals surface area contributed by atoms with Crippen molar-refractivity contribution in [2.75, 3.05) is 18.7 Å². The molecule has 7 heteroatoms. The maximum absolute atomic E-state index is 11.1. The first kappa shape index (κ1) is 34.9. The minimum absolute atomic E-state index is 0.0426. The van der Waals surface area contributed by atoms with Gasteiger partial charge in [-0.2, -0.15) is 0 Å². The lowest BCUT2D eigenvalue weighted by Crippen LogP contribution is -2.11. The first-order chi connectivity index (χ1) is 18.2. The van der Waals surface area contributed by atoms with Crippen molar-refractivity contribution in [2.24, 2.45) is 0 Å². The molecule has 0 saturated carbocycles. The number of terminal acetylenes is 1. The van der Waals surface area contributed by atoms with Crippen LogP contribution < -0.4 is 4.74 Å². The summed E-state index contributed by atoms with van der Waals surface area (Å²) in [6.07, 6.45) is 15.0. The van der Waals surface area contributed by atoms with E-state index in [-0.39, 0.29) is 6.42 Å². The number of aliphatic hydroxyl groups is 1. The van der Waals surface area contributed by atoms with E-state index in [1.165, 1.54) is 0 Å². The van der Waals surface area contributed by atoms with Crippen LogP contribution in [-0.2, 0) is 11.2 Å². The number of rotatable bonds is 8. The number of hydrogen-bond acceptors (Lipinski definition) is 4. The predicted molar refractivity (Wildman–Crippen MR) is 164 cm³/mol. The van der Waals surface area contributed by atoms with Crippen LogP contribution in [0.4, 0.5) is 0 Å². The number of halogens is 1. The van der Waals surface area contributed by atoms with Crippen LogP contribution in [0.3, 0.4) is 0 Å². The van der Waals surface area contributed by atoms with E-state index in [4.69, 9.17) is 21.4 Å². The van der Waals surface area contributed by atoms with E-state index in [1.54, 1.807) is 11.8 Å². The summed E-state index contributed by atoms with van der Waals surface area (Å²) in [7, 11) is 0. The SMILES string of the molecule is C#C.C/C=C/SC.C/C=C\CCl.CCOc1ccc(C(O)n2c(C)cc3c(CC(=O)O)cccc32)cc1C. The van der Waals surface area contributed by atoms with Crippen molar-refractivity contribution in [2.45, 2.75) is 47.3 Å². The Morgan fingerprint density at radius 1 is 1.16 bits per heavy atom. The molecule has 0 aliphatic rings. The van der Waals surface area contributed by atoms with Crippen LogP contribution in [0.15, 0.2) is 66.1 Å². The van der Waals surface area contributed by atoms with Gasteiger partial charge in [0.1, 0.15) is 5.75 Å². The number of hydrogen-bond donors (Lipinski definition) is 2. The highest BCUT2D eigenvalue weighted by molar-refractivity contribution is 8.01. The first-order valence-electron chi connectivity index (χ1n) is 12.1. The molecule has 2 aromatic carbocycles. The Labute approximate surface area is 237 Å². The number of alkyl halides is 1. The van der Waals surface area contributed by atoms with Crippen molar-refractivity contribution in [1.82, 2.24) is 4.57 Å². The average Bonchev–Trinajstić information content (AvgIpc) is 3.24. The molecule has 0 amide bonds. The van der Waals surface area contributed by atoms with E-state index in [2.05, 4.69) is 12.8 Å². The minimum Gasteiger partial charge on any atom is -0.494 e. The summed E-state index contributed by atoms with van der Waals surface area (Å²) in [5.41, 5.74) is 4.16. The Balaban J connectivity index is 0.000000963. The number of allylic oxidation sites excluding steroid dienone is 3. The molecule has 1 unspecified atom stereocenters.